The van der Waals surface area contributed by atoms with Crippen LogP contribution in [0, 0.1) is 0 Å². The summed E-state index contributed by atoms with van der Waals surface area (Å²) >= 11 is 6.15. The van der Waals surface area contributed by atoms with Gasteiger partial charge in [0.1, 0.15) is 11.5 Å². The summed E-state index contributed by atoms with van der Waals surface area (Å²) in [7, 11) is 3.12. The maximum absolute atomic E-state index is 12.4. The number of nitrogens with one attached hydrogen (secondary N) is 2. The Hall–Kier alpha value is -3.51. The summed E-state index contributed by atoms with van der Waals surface area (Å²) in [4.78, 5) is 24.9. The first-order valence-corrected chi connectivity index (χ1v) is 9.07. The third-order valence-electron chi connectivity index (χ3n) is 4.12. The van der Waals surface area contributed by atoms with Crippen LogP contribution in [-0.4, -0.2) is 26.0 Å². The van der Waals surface area contributed by atoms with Crippen LogP contribution in [0.1, 0.15) is 20.7 Å². The standard InChI is InChI=1S/C22H19ClN2O4/c1-28-19-7-3-14(4-8-19)21(26)24-17-11-16(23)12-18(13-17)25-22(27)15-5-9-20(29-2)10-6-15/h3-13H,1-2H3,(H,24,26)(H,25,27). The molecule has 2 amide bonds. The summed E-state index contributed by atoms with van der Waals surface area (Å²) in [5, 5.41) is 5.92. The molecule has 0 atom stereocenters. The molecule has 0 saturated carbocycles. The molecule has 0 unspecified atom stereocenters. The van der Waals surface area contributed by atoms with Crippen LogP contribution in [0.15, 0.2) is 66.7 Å². The van der Waals surface area contributed by atoms with Gasteiger partial charge in [0.05, 0.1) is 14.2 Å². The van der Waals surface area contributed by atoms with Gasteiger partial charge in [0.25, 0.3) is 11.8 Å². The maximum Gasteiger partial charge on any atom is 0.255 e. The van der Waals surface area contributed by atoms with Crippen molar-refractivity contribution < 1.29 is 19.1 Å². The van der Waals surface area contributed by atoms with Crippen LogP contribution >= 0.6 is 11.6 Å². The van der Waals surface area contributed by atoms with E-state index in [4.69, 9.17) is 21.1 Å². The highest BCUT2D eigenvalue weighted by Gasteiger charge is 2.11. The number of methoxy groups -OCH3 is 2. The number of carbonyl (C=O) groups excluding carboxylic acids is 2. The molecule has 7 heteroatoms. The SMILES string of the molecule is COc1ccc(C(=O)Nc2cc(Cl)cc(NC(=O)c3ccc(OC)cc3)c2)cc1. The molecule has 3 aromatic rings. The Kier molecular flexibility index (Phi) is 6.36. The first kappa shape index (κ1) is 20.2. The van der Waals surface area contributed by atoms with E-state index < -0.39 is 0 Å². The first-order chi connectivity index (χ1) is 14.0. The third-order valence-corrected chi connectivity index (χ3v) is 4.34. The Morgan fingerprint density at radius 2 is 1.07 bits per heavy atom. The highest BCUT2D eigenvalue weighted by molar-refractivity contribution is 6.31. The van der Waals surface area contributed by atoms with Gasteiger partial charge in [-0.05, 0) is 66.7 Å². The van der Waals surface area contributed by atoms with Crippen molar-refractivity contribution in [3.05, 3.63) is 82.9 Å². The number of hydrogen-bond donors (Lipinski definition) is 2. The molecule has 6 nitrogen and oxygen atoms in total. The molecule has 29 heavy (non-hydrogen) atoms. The molecule has 2 N–H and O–H groups in total. The topological polar surface area (TPSA) is 76.7 Å². The van der Waals surface area contributed by atoms with Crippen molar-refractivity contribution in [2.24, 2.45) is 0 Å². The second-order valence-electron chi connectivity index (χ2n) is 6.09. The summed E-state index contributed by atoms with van der Waals surface area (Å²) in [5.74, 6) is 0.713. The van der Waals surface area contributed by atoms with Gasteiger partial charge in [0.15, 0.2) is 0 Å². The minimum absolute atomic E-state index is 0.303. The Labute approximate surface area is 173 Å². The van der Waals surface area contributed by atoms with E-state index in [1.807, 2.05) is 0 Å². The second-order valence-corrected chi connectivity index (χ2v) is 6.53. The van der Waals surface area contributed by atoms with Gasteiger partial charge in [-0.3, -0.25) is 9.59 Å². The predicted molar refractivity (Wildman–Crippen MR) is 113 cm³/mol. The van der Waals surface area contributed by atoms with E-state index in [9.17, 15) is 9.59 Å². The Morgan fingerprint density at radius 3 is 1.41 bits per heavy atom. The van der Waals surface area contributed by atoms with E-state index in [2.05, 4.69) is 10.6 Å². The highest BCUT2D eigenvalue weighted by Crippen LogP contribution is 2.24. The molecule has 0 radical (unpaired) electrons. The van der Waals surface area contributed by atoms with E-state index in [0.29, 0.717) is 39.0 Å². The highest BCUT2D eigenvalue weighted by atomic mass is 35.5. The molecule has 0 aromatic heterocycles. The lowest BCUT2D eigenvalue weighted by atomic mass is 10.2. The van der Waals surface area contributed by atoms with Crippen molar-refractivity contribution in [1.82, 2.24) is 0 Å². The van der Waals surface area contributed by atoms with Gasteiger partial charge in [-0.2, -0.15) is 0 Å². The van der Waals surface area contributed by atoms with Crippen molar-refractivity contribution in [1.29, 1.82) is 0 Å². The molecular formula is C22H19ClN2O4. The van der Waals surface area contributed by atoms with Crippen LogP contribution in [0.25, 0.3) is 0 Å². The van der Waals surface area contributed by atoms with Crippen LogP contribution in [0.5, 0.6) is 11.5 Å². The molecular weight excluding hydrogens is 392 g/mol. The van der Waals surface area contributed by atoms with Gasteiger partial charge in [-0.1, -0.05) is 11.6 Å². The normalized spacial score (nSPS) is 10.2. The third kappa shape index (κ3) is 5.27. The van der Waals surface area contributed by atoms with Crippen molar-refractivity contribution in [3.8, 4) is 11.5 Å². The Morgan fingerprint density at radius 1 is 0.690 bits per heavy atom. The summed E-state index contributed by atoms with van der Waals surface area (Å²) in [5.41, 5.74) is 1.86. The Balaban J connectivity index is 1.72. The molecule has 0 spiro atoms. The van der Waals surface area contributed by atoms with Gasteiger partial charge in [0.2, 0.25) is 0 Å². The van der Waals surface area contributed by atoms with Crippen molar-refractivity contribution in [3.63, 3.8) is 0 Å². The minimum atomic E-state index is -0.303. The summed E-state index contributed by atoms with van der Waals surface area (Å²) in [6.45, 7) is 0. The van der Waals surface area contributed by atoms with E-state index in [0.717, 1.165) is 0 Å². The molecule has 0 aliphatic carbocycles. The molecule has 0 fully saturated rings. The fraction of sp³-hybridized carbons (Fsp3) is 0.0909. The maximum atomic E-state index is 12.4. The fourth-order valence-corrected chi connectivity index (χ4v) is 2.86. The van der Waals surface area contributed by atoms with Gasteiger partial charge in [-0.25, -0.2) is 0 Å². The minimum Gasteiger partial charge on any atom is -0.497 e. The first-order valence-electron chi connectivity index (χ1n) is 8.70. The number of hydrogen-bond acceptors (Lipinski definition) is 4. The zero-order valence-corrected chi connectivity index (χ0v) is 16.6. The van der Waals surface area contributed by atoms with Crippen LogP contribution in [0.4, 0.5) is 11.4 Å². The summed E-state index contributed by atoms with van der Waals surface area (Å²) in [6, 6.07) is 18.3. The number of anilines is 2. The van der Waals surface area contributed by atoms with Gasteiger partial charge >= 0.3 is 0 Å². The number of carbonyl (C=O) groups is 2. The van der Waals surface area contributed by atoms with Crippen LogP contribution in [-0.2, 0) is 0 Å². The van der Waals surface area contributed by atoms with Crippen molar-refractivity contribution >= 4 is 34.8 Å². The zero-order valence-electron chi connectivity index (χ0n) is 15.9. The summed E-state index contributed by atoms with van der Waals surface area (Å²) < 4.78 is 10.2. The smallest absolute Gasteiger partial charge is 0.255 e. The molecule has 0 aliphatic heterocycles. The van der Waals surface area contributed by atoms with E-state index in [-0.39, 0.29) is 11.8 Å². The van der Waals surface area contributed by atoms with E-state index >= 15 is 0 Å². The summed E-state index contributed by atoms with van der Waals surface area (Å²) in [6.07, 6.45) is 0. The second kappa shape index (κ2) is 9.12. The molecule has 148 valence electrons. The van der Waals surface area contributed by atoms with Crippen molar-refractivity contribution in [2.45, 2.75) is 0 Å². The monoisotopic (exact) mass is 410 g/mol. The van der Waals surface area contributed by atoms with Gasteiger partial charge in [-0.15, -0.1) is 0 Å². The number of rotatable bonds is 6. The van der Waals surface area contributed by atoms with E-state index in [1.54, 1.807) is 80.9 Å². The lowest BCUT2D eigenvalue weighted by Gasteiger charge is -2.11. The van der Waals surface area contributed by atoms with Crippen LogP contribution in [0.3, 0.4) is 0 Å². The lowest BCUT2D eigenvalue weighted by Crippen LogP contribution is -2.14. The lowest BCUT2D eigenvalue weighted by molar-refractivity contribution is 0.101. The molecule has 3 aromatic carbocycles. The number of halogens is 1. The average molecular weight is 411 g/mol. The number of amides is 2. The fourth-order valence-electron chi connectivity index (χ4n) is 2.63. The molecule has 3 rings (SSSR count). The quantitative estimate of drug-likeness (QED) is 0.608. The van der Waals surface area contributed by atoms with Crippen molar-refractivity contribution in [2.75, 3.05) is 24.9 Å². The van der Waals surface area contributed by atoms with Gasteiger partial charge in [0, 0.05) is 27.5 Å². The predicted octanol–water partition coefficient (Wildman–Crippen LogP) is 4.86. The Bertz CT molecular complexity index is 938. The average Bonchev–Trinajstić information content (AvgIpc) is 2.73. The number of ether oxygens (including phenoxy) is 2. The van der Waals surface area contributed by atoms with Crippen LogP contribution < -0.4 is 20.1 Å². The zero-order chi connectivity index (χ0) is 20.8. The molecule has 0 heterocycles. The molecule has 0 saturated heterocycles. The largest absolute Gasteiger partial charge is 0.497 e. The molecule has 0 bridgehead atoms. The van der Waals surface area contributed by atoms with Gasteiger partial charge < -0.3 is 20.1 Å². The van der Waals surface area contributed by atoms with E-state index in [1.165, 1.54) is 0 Å². The van der Waals surface area contributed by atoms with Crippen LogP contribution in [0.2, 0.25) is 5.02 Å². The number of benzene rings is 3. The molecule has 0 aliphatic rings.